The van der Waals surface area contributed by atoms with E-state index in [1.54, 1.807) is 12.1 Å². The molecule has 112 valence electrons. The SMILES string of the molecule is CC1Cc2cc(N)ccc2N1S(=O)(=O)c1cc(Cl)sc1Cl. The molecule has 1 aromatic carbocycles. The van der Waals surface area contributed by atoms with E-state index in [1.807, 2.05) is 13.0 Å². The van der Waals surface area contributed by atoms with Gasteiger partial charge in [-0.15, -0.1) is 11.3 Å². The Bertz CT molecular complexity index is 818. The fraction of sp³-hybridized carbons (Fsp3) is 0.231. The molecule has 2 aromatic rings. The van der Waals surface area contributed by atoms with Crippen molar-refractivity contribution < 1.29 is 8.42 Å². The topological polar surface area (TPSA) is 63.4 Å². The zero-order valence-corrected chi connectivity index (χ0v) is 14.2. The minimum absolute atomic E-state index is 0.0516. The molecule has 1 aromatic heterocycles. The Morgan fingerprint density at radius 2 is 2.05 bits per heavy atom. The van der Waals surface area contributed by atoms with Crippen molar-refractivity contribution in [3.63, 3.8) is 0 Å². The van der Waals surface area contributed by atoms with Crippen LogP contribution in [0.5, 0.6) is 0 Å². The van der Waals surface area contributed by atoms with E-state index in [4.69, 9.17) is 28.9 Å². The molecule has 0 aliphatic carbocycles. The highest BCUT2D eigenvalue weighted by Gasteiger charge is 2.37. The van der Waals surface area contributed by atoms with Crippen molar-refractivity contribution in [2.45, 2.75) is 24.3 Å². The summed E-state index contributed by atoms with van der Waals surface area (Å²) in [5.41, 5.74) is 7.95. The molecular formula is C13H12Cl2N2O2S2. The van der Waals surface area contributed by atoms with Gasteiger partial charge in [-0.2, -0.15) is 0 Å². The first-order valence-corrected chi connectivity index (χ1v) is 9.19. The monoisotopic (exact) mass is 362 g/mol. The average Bonchev–Trinajstić information content (AvgIpc) is 2.88. The van der Waals surface area contributed by atoms with Crippen molar-refractivity contribution in [3.8, 4) is 0 Å². The maximum atomic E-state index is 12.9. The van der Waals surface area contributed by atoms with Crippen LogP contribution >= 0.6 is 34.5 Å². The molecule has 1 atom stereocenters. The normalized spacial score (nSPS) is 18.0. The van der Waals surface area contributed by atoms with Crippen LogP contribution in [-0.4, -0.2) is 14.5 Å². The summed E-state index contributed by atoms with van der Waals surface area (Å²) < 4.78 is 27.7. The van der Waals surface area contributed by atoms with Gasteiger partial charge in [0, 0.05) is 11.7 Å². The van der Waals surface area contributed by atoms with Gasteiger partial charge in [0.25, 0.3) is 10.0 Å². The fourth-order valence-electron chi connectivity index (χ4n) is 2.60. The molecule has 8 heteroatoms. The van der Waals surface area contributed by atoms with E-state index in [2.05, 4.69) is 0 Å². The maximum absolute atomic E-state index is 12.9. The van der Waals surface area contributed by atoms with E-state index >= 15 is 0 Å². The van der Waals surface area contributed by atoms with Crippen molar-refractivity contribution in [1.82, 2.24) is 0 Å². The van der Waals surface area contributed by atoms with E-state index in [0.717, 1.165) is 16.9 Å². The highest BCUT2D eigenvalue weighted by molar-refractivity contribution is 7.93. The lowest BCUT2D eigenvalue weighted by atomic mass is 10.1. The first kappa shape index (κ1) is 15.0. The summed E-state index contributed by atoms with van der Waals surface area (Å²) in [4.78, 5) is 0.0516. The van der Waals surface area contributed by atoms with Crippen LogP contribution < -0.4 is 10.0 Å². The standard InChI is InChI=1S/C13H12Cl2N2O2S2/c1-7-4-8-5-9(16)2-3-10(8)17(7)21(18,19)11-6-12(14)20-13(11)15/h2-3,5-7H,4,16H2,1H3. The lowest BCUT2D eigenvalue weighted by molar-refractivity contribution is 0.584. The average molecular weight is 363 g/mol. The molecule has 0 fully saturated rings. The predicted octanol–water partition coefficient (Wildman–Crippen LogP) is 3.78. The van der Waals surface area contributed by atoms with Crippen molar-refractivity contribution in [2.24, 2.45) is 0 Å². The summed E-state index contributed by atoms with van der Waals surface area (Å²) in [6, 6.07) is 6.44. The number of benzene rings is 1. The molecule has 0 saturated carbocycles. The fourth-order valence-corrected chi connectivity index (χ4v) is 6.41. The minimum Gasteiger partial charge on any atom is -0.399 e. The number of hydrogen-bond donors (Lipinski definition) is 1. The predicted molar refractivity (Wildman–Crippen MR) is 88.0 cm³/mol. The smallest absolute Gasteiger partial charge is 0.266 e. The Morgan fingerprint density at radius 1 is 1.33 bits per heavy atom. The van der Waals surface area contributed by atoms with Gasteiger partial charge in [-0.1, -0.05) is 23.2 Å². The molecule has 0 amide bonds. The van der Waals surface area contributed by atoms with Crippen LogP contribution in [0.1, 0.15) is 12.5 Å². The molecule has 0 spiro atoms. The van der Waals surface area contributed by atoms with Gasteiger partial charge in [-0.3, -0.25) is 4.31 Å². The molecule has 2 heterocycles. The second-order valence-electron chi connectivity index (χ2n) is 4.93. The molecule has 1 aliphatic heterocycles. The minimum atomic E-state index is -3.74. The third-order valence-corrected chi connectivity index (χ3v) is 7.10. The van der Waals surface area contributed by atoms with Gasteiger partial charge in [0.15, 0.2) is 0 Å². The molecule has 0 saturated heterocycles. The van der Waals surface area contributed by atoms with Crippen molar-refractivity contribution in [3.05, 3.63) is 38.5 Å². The summed E-state index contributed by atoms with van der Waals surface area (Å²) in [5, 5.41) is 0. The zero-order chi connectivity index (χ0) is 15.4. The van der Waals surface area contributed by atoms with Gasteiger partial charge in [0.05, 0.1) is 10.0 Å². The highest BCUT2D eigenvalue weighted by atomic mass is 35.5. The number of hydrogen-bond acceptors (Lipinski definition) is 4. The maximum Gasteiger partial charge on any atom is 0.266 e. The van der Waals surface area contributed by atoms with E-state index in [-0.39, 0.29) is 15.3 Å². The summed E-state index contributed by atoms with van der Waals surface area (Å²) in [5.74, 6) is 0. The van der Waals surface area contributed by atoms with E-state index < -0.39 is 10.0 Å². The molecule has 3 rings (SSSR count). The third kappa shape index (κ3) is 2.40. The zero-order valence-electron chi connectivity index (χ0n) is 11.0. The van der Waals surface area contributed by atoms with Crippen LogP contribution in [0.15, 0.2) is 29.2 Å². The lowest BCUT2D eigenvalue weighted by Crippen LogP contribution is -2.35. The largest absolute Gasteiger partial charge is 0.399 e. The molecular weight excluding hydrogens is 351 g/mol. The van der Waals surface area contributed by atoms with Crippen molar-refractivity contribution >= 4 is 55.9 Å². The quantitative estimate of drug-likeness (QED) is 0.826. The van der Waals surface area contributed by atoms with Crippen LogP contribution in [0.3, 0.4) is 0 Å². The number of nitrogens with two attached hydrogens (primary N) is 1. The summed E-state index contributed by atoms with van der Waals surface area (Å²) in [7, 11) is -3.74. The molecule has 1 unspecified atom stereocenters. The number of nitrogens with zero attached hydrogens (tertiary/aromatic N) is 1. The Balaban J connectivity index is 2.15. The van der Waals surface area contributed by atoms with Crippen molar-refractivity contribution in [1.29, 1.82) is 0 Å². The van der Waals surface area contributed by atoms with Crippen LogP contribution in [0.25, 0.3) is 0 Å². The number of sulfonamides is 1. The van der Waals surface area contributed by atoms with Crippen molar-refractivity contribution in [2.75, 3.05) is 10.0 Å². The second-order valence-corrected chi connectivity index (χ2v) is 9.00. The number of thiophene rings is 1. The molecule has 0 radical (unpaired) electrons. The van der Waals surface area contributed by atoms with Gasteiger partial charge >= 0.3 is 0 Å². The Hall–Kier alpha value is -0.950. The number of anilines is 2. The number of halogens is 2. The molecule has 4 nitrogen and oxygen atoms in total. The van der Waals surface area contributed by atoms with Crippen LogP contribution in [0, 0.1) is 0 Å². The summed E-state index contributed by atoms with van der Waals surface area (Å²) >= 11 is 12.9. The Morgan fingerprint density at radius 3 is 2.67 bits per heavy atom. The number of rotatable bonds is 2. The lowest BCUT2D eigenvalue weighted by Gasteiger charge is -2.24. The number of fused-ring (bicyclic) bond motifs is 1. The molecule has 2 N–H and O–H groups in total. The molecule has 21 heavy (non-hydrogen) atoms. The summed E-state index contributed by atoms with van der Waals surface area (Å²) in [6.45, 7) is 1.86. The van der Waals surface area contributed by atoms with Gasteiger partial charge < -0.3 is 5.73 Å². The first-order valence-electron chi connectivity index (χ1n) is 6.18. The van der Waals surface area contributed by atoms with Gasteiger partial charge in [0.2, 0.25) is 0 Å². The highest BCUT2D eigenvalue weighted by Crippen LogP contribution is 2.42. The van der Waals surface area contributed by atoms with E-state index in [0.29, 0.717) is 22.1 Å². The van der Waals surface area contributed by atoms with Crippen LogP contribution in [-0.2, 0) is 16.4 Å². The van der Waals surface area contributed by atoms with Gasteiger partial charge in [0.1, 0.15) is 9.23 Å². The molecule has 0 bridgehead atoms. The first-order chi connectivity index (χ1) is 9.80. The number of nitrogen functional groups attached to an aromatic ring is 1. The van der Waals surface area contributed by atoms with Gasteiger partial charge in [-0.25, -0.2) is 8.42 Å². The van der Waals surface area contributed by atoms with E-state index in [9.17, 15) is 8.42 Å². The van der Waals surface area contributed by atoms with Crippen LogP contribution in [0.2, 0.25) is 8.67 Å². The van der Waals surface area contributed by atoms with Crippen LogP contribution in [0.4, 0.5) is 11.4 Å². The van der Waals surface area contributed by atoms with E-state index in [1.165, 1.54) is 10.4 Å². The third-order valence-electron chi connectivity index (χ3n) is 3.42. The Labute approximate surface area is 137 Å². The van der Waals surface area contributed by atoms with Gasteiger partial charge in [-0.05, 0) is 43.2 Å². The Kier molecular flexibility index (Phi) is 3.60. The molecule has 1 aliphatic rings. The second kappa shape index (κ2) is 5.05. The summed E-state index contributed by atoms with van der Waals surface area (Å²) in [6.07, 6.45) is 0.620.